The van der Waals surface area contributed by atoms with Crippen LogP contribution in [-0.2, 0) is 12.8 Å². The van der Waals surface area contributed by atoms with Crippen LogP contribution in [-0.4, -0.2) is 71.4 Å². The molecular weight excluding hydrogens is 765 g/mol. The molecule has 0 saturated heterocycles. The molecule has 6 heterocycles. The van der Waals surface area contributed by atoms with Gasteiger partial charge in [0.05, 0.1) is 38.7 Å². The number of aromatic carboxylic acids is 1. The van der Waals surface area contributed by atoms with Crippen molar-refractivity contribution in [3.63, 3.8) is 0 Å². The third kappa shape index (κ3) is 11.4. The summed E-state index contributed by atoms with van der Waals surface area (Å²) in [6.07, 6.45) is 12.2. The quantitative estimate of drug-likeness (QED) is 0.108. The van der Waals surface area contributed by atoms with Crippen LogP contribution in [0.1, 0.15) is 107 Å². The Kier molecular flexibility index (Phi) is 15.5. The highest BCUT2D eigenvalue weighted by atomic mass is 32.1. The minimum absolute atomic E-state index is 0. The van der Waals surface area contributed by atoms with E-state index in [9.17, 15) is 14.7 Å². The maximum atomic E-state index is 12.8. The molecule has 2 fully saturated rings. The Morgan fingerprint density at radius 3 is 1.71 bits per heavy atom. The molecule has 0 spiro atoms. The van der Waals surface area contributed by atoms with Crippen molar-refractivity contribution >= 4 is 68.5 Å². The average Bonchev–Trinajstić information content (AvgIpc) is 3.87. The predicted octanol–water partition coefficient (Wildman–Crippen LogP) is 7.52. The molecule has 2 aliphatic rings. The summed E-state index contributed by atoms with van der Waals surface area (Å²) in [5.74, 6) is -1.21. The highest BCUT2D eigenvalue weighted by Crippen LogP contribution is 2.28. The van der Waals surface area contributed by atoms with Gasteiger partial charge in [0, 0.05) is 44.1 Å². The van der Waals surface area contributed by atoms with Crippen LogP contribution in [0.15, 0.2) is 71.7 Å². The van der Waals surface area contributed by atoms with E-state index in [1.165, 1.54) is 6.42 Å². The summed E-state index contributed by atoms with van der Waals surface area (Å²) in [7, 11) is 0. The van der Waals surface area contributed by atoms with Crippen molar-refractivity contribution in [1.29, 1.82) is 0 Å². The third-order valence-electron chi connectivity index (χ3n) is 9.99. The molecule has 14 heteroatoms. The van der Waals surface area contributed by atoms with E-state index in [4.69, 9.17) is 15.9 Å². The van der Waals surface area contributed by atoms with Gasteiger partial charge in [-0.15, -0.1) is 22.7 Å². The molecule has 0 bridgehead atoms. The molecule has 2 aliphatic carbocycles. The molecule has 0 aliphatic heterocycles. The van der Waals surface area contributed by atoms with Gasteiger partial charge in [0.25, 0.3) is 5.91 Å². The maximum Gasteiger partial charge on any atom is 0.354 e. The molecule has 4 atom stereocenters. The van der Waals surface area contributed by atoms with Gasteiger partial charge >= 0.3 is 5.97 Å². The molecule has 6 N–H and O–H groups in total. The zero-order valence-corrected chi connectivity index (χ0v) is 34.3. The Morgan fingerprint density at radius 1 is 0.750 bits per heavy atom. The Bertz CT molecular complexity index is 2210. The van der Waals surface area contributed by atoms with Gasteiger partial charge in [-0.05, 0) is 109 Å². The molecule has 8 rings (SSSR count). The lowest BCUT2D eigenvalue weighted by Crippen LogP contribution is -2.45. The first-order chi connectivity index (χ1) is 26.5. The van der Waals surface area contributed by atoms with Crippen LogP contribution >= 0.6 is 36.2 Å². The number of hydrogen-bond donors (Lipinski definition) is 5. The van der Waals surface area contributed by atoms with E-state index in [1.807, 2.05) is 73.4 Å². The van der Waals surface area contributed by atoms with Crippen molar-refractivity contribution in [2.45, 2.75) is 102 Å². The Labute approximate surface area is 343 Å². The number of carbonyl (C=O) groups excluding carboxylic acids is 1. The number of aromatic nitrogens is 4. The fourth-order valence-electron chi connectivity index (χ4n) is 6.84. The third-order valence-corrected chi connectivity index (χ3v) is 11.9. The molecule has 0 unspecified atom stereocenters. The van der Waals surface area contributed by atoms with Crippen LogP contribution < -0.4 is 11.1 Å². The summed E-state index contributed by atoms with van der Waals surface area (Å²) in [6, 6.07) is 15.2. The number of rotatable bonds is 7. The number of aliphatic hydroxyl groups excluding tert-OH is 2. The van der Waals surface area contributed by atoms with E-state index < -0.39 is 12.1 Å². The van der Waals surface area contributed by atoms with Crippen molar-refractivity contribution < 1.29 is 26.3 Å². The van der Waals surface area contributed by atoms with E-state index in [-0.39, 0.29) is 44.7 Å². The molecule has 6 aromatic heterocycles. The molecule has 0 aromatic carbocycles. The van der Waals surface area contributed by atoms with Gasteiger partial charge in [0.1, 0.15) is 11.4 Å². The summed E-state index contributed by atoms with van der Waals surface area (Å²) >= 11 is 3.22. The fraction of sp³-hybridized carbons (Fsp3) is 0.381. The van der Waals surface area contributed by atoms with Crippen molar-refractivity contribution in [3.05, 3.63) is 117 Å². The molecular formula is C42H52N6O5S3. The van der Waals surface area contributed by atoms with Gasteiger partial charge in [-0.3, -0.25) is 14.8 Å². The van der Waals surface area contributed by atoms with Gasteiger partial charge < -0.3 is 26.4 Å². The minimum Gasteiger partial charge on any atom is -0.477 e. The molecule has 2 saturated carbocycles. The number of nitrogens with one attached hydrogen (secondary N) is 1. The molecule has 56 heavy (non-hydrogen) atoms. The Morgan fingerprint density at radius 2 is 1.25 bits per heavy atom. The molecule has 1 amide bonds. The number of nitrogens with zero attached hydrogens (tertiary/aromatic N) is 4. The SMILES string of the molecule is Cc1ccc(Cc2cc(C(=O)N[C@H]3CCCC[C@@H]3O)nc3ccsc23)cn1.Cc1ccc(Cc2cc(C(=O)O)nc3ccsc23)cn1.N[C@H]1CCCC[C@@H]1O.S.[3HH]. The number of thiophene rings is 2. The summed E-state index contributed by atoms with van der Waals surface area (Å²) in [5, 5.41) is 35.2. The number of aliphatic hydroxyl groups is 2. The molecule has 11 nitrogen and oxygen atoms in total. The second-order valence-corrected chi connectivity index (χ2v) is 16.2. The monoisotopic (exact) mass is 818 g/mol. The normalized spacial score (nSPS) is 19.2. The van der Waals surface area contributed by atoms with E-state index >= 15 is 0 Å². The second kappa shape index (κ2) is 20.2. The van der Waals surface area contributed by atoms with E-state index in [1.54, 1.807) is 28.7 Å². The van der Waals surface area contributed by atoms with Crippen molar-refractivity contribution in [2.75, 3.05) is 0 Å². The highest BCUT2D eigenvalue weighted by molar-refractivity contribution is 7.59. The van der Waals surface area contributed by atoms with Crippen LogP contribution in [0.4, 0.5) is 0 Å². The van der Waals surface area contributed by atoms with Crippen LogP contribution in [0.3, 0.4) is 0 Å². The average molecular weight is 819 g/mol. The maximum absolute atomic E-state index is 12.8. The van der Waals surface area contributed by atoms with Gasteiger partial charge in [0.15, 0.2) is 0 Å². The lowest BCUT2D eigenvalue weighted by molar-refractivity contribution is 0.0690. The molecule has 298 valence electrons. The van der Waals surface area contributed by atoms with Crippen LogP contribution in [0.5, 0.6) is 0 Å². The van der Waals surface area contributed by atoms with E-state index in [0.717, 1.165) is 99.0 Å². The first-order valence-electron chi connectivity index (χ1n) is 18.8. The Hall–Kier alpha value is -4.31. The number of nitrogens with two attached hydrogens (primary N) is 1. The molecule has 0 radical (unpaired) electrons. The zero-order valence-electron chi connectivity index (χ0n) is 31.6. The van der Waals surface area contributed by atoms with Crippen LogP contribution in [0.2, 0.25) is 0 Å². The van der Waals surface area contributed by atoms with E-state index in [2.05, 4.69) is 31.3 Å². The van der Waals surface area contributed by atoms with Gasteiger partial charge in [-0.25, -0.2) is 14.8 Å². The summed E-state index contributed by atoms with van der Waals surface area (Å²) < 4.78 is 2.14. The van der Waals surface area contributed by atoms with E-state index in [0.29, 0.717) is 18.5 Å². The van der Waals surface area contributed by atoms with Crippen LogP contribution in [0.25, 0.3) is 20.4 Å². The van der Waals surface area contributed by atoms with Crippen molar-refractivity contribution in [3.8, 4) is 0 Å². The number of carboxylic acids is 1. The Balaban J connectivity index is 0.000000211. The summed E-state index contributed by atoms with van der Waals surface area (Å²) in [6.45, 7) is 3.91. The summed E-state index contributed by atoms with van der Waals surface area (Å²) in [5.41, 5.74) is 13.8. The largest absolute Gasteiger partial charge is 0.477 e. The van der Waals surface area contributed by atoms with Crippen LogP contribution in [0, 0.1) is 13.8 Å². The molecule has 6 aromatic rings. The topological polar surface area (TPSA) is 184 Å². The second-order valence-electron chi connectivity index (χ2n) is 14.3. The lowest BCUT2D eigenvalue weighted by atomic mass is 9.92. The standard InChI is InChI=1S/C21H23N3O2S.C15H12N2O2S.C6H13NO.H2S.H2/c1-13-6-7-14(12-22-13)10-15-11-18(23-17-8-9-27-20(15)17)21(26)24-16-4-2-3-5-19(16)25;1-9-2-3-10(8-16-9)6-11-7-13(15(18)19)17-12-4-5-20-14(11)12;7-5-3-1-2-4-6(5)8;;/h6-9,11-12,16,19,25H,2-5,10H2,1H3,(H,24,26);2-5,7-8H,6H2,1H3,(H,18,19);5-6,8H,1-4,7H2;1H2;1H/t16-,19-;;5-,6-;;/m0.0../s1/i;;;;1+2. The predicted molar refractivity (Wildman–Crippen MR) is 230 cm³/mol. The first kappa shape index (κ1) is 42.8. The van der Waals surface area contributed by atoms with Gasteiger partial charge in [-0.2, -0.15) is 13.5 Å². The number of carbonyl (C=O) groups is 2. The van der Waals surface area contributed by atoms with Crippen molar-refractivity contribution in [2.24, 2.45) is 5.73 Å². The smallest absolute Gasteiger partial charge is 0.354 e. The van der Waals surface area contributed by atoms with Crippen molar-refractivity contribution in [1.82, 2.24) is 25.3 Å². The van der Waals surface area contributed by atoms with Gasteiger partial charge in [0.2, 0.25) is 0 Å². The number of carboxylic acid groups (broad SMARTS) is 1. The first-order valence-corrected chi connectivity index (χ1v) is 20.5. The highest BCUT2D eigenvalue weighted by Gasteiger charge is 2.26. The number of hydrogen-bond acceptors (Lipinski definition) is 11. The summed E-state index contributed by atoms with van der Waals surface area (Å²) in [4.78, 5) is 41.3. The number of pyridine rings is 4. The number of fused-ring (bicyclic) bond motifs is 2. The zero-order chi connectivity index (χ0) is 38.9. The number of amides is 1. The van der Waals surface area contributed by atoms with Gasteiger partial charge in [-0.1, -0.05) is 37.8 Å². The minimum atomic E-state index is -0.999. The lowest BCUT2D eigenvalue weighted by Gasteiger charge is -2.28. The number of aryl methyl sites for hydroxylation is 2. The fourth-order valence-corrected chi connectivity index (χ4v) is 8.54.